The minimum absolute atomic E-state index is 0.0508. The number of nitrogens with zero attached hydrogens (tertiary/aromatic N) is 1. The normalized spacial score (nSPS) is 9.76. The van der Waals surface area contributed by atoms with Gasteiger partial charge >= 0.3 is 0 Å². The van der Waals surface area contributed by atoms with E-state index in [0.29, 0.717) is 10.8 Å². The van der Waals surface area contributed by atoms with Crippen molar-refractivity contribution in [2.24, 2.45) is 0 Å². The average molecular weight is 305 g/mol. The molecule has 0 saturated heterocycles. The molecule has 6 heteroatoms. The number of anilines is 1. The summed E-state index contributed by atoms with van der Waals surface area (Å²) in [5.74, 6) is -0.496. The quantitative estimate of drug-likeness (QED) is 0.942. The molecule has 106 valence electrons. The molecule has 0 aliphatic rings. The molecule has 0 atom stereocenters. The predicted molar refractivity (Wildman–Crippen MR) is 76.7 cm³/mol. The van der Waals surface area contributed by atoms with Crippen LogP contribution in [-0.4, -0.2) is 12.5 Å². The number of amides is 1. The van der Waals surface area contributed by atoms with Crippen molar-refractivity contribution in [3.05, 3.63) is 58.9 Å². The van der Waals surface area contributed by atoms with Gasteiger partial charge in [-0.15, -0.1) is 0 Å². The molecule has 0 radical (unpaired) electrons. The molecule has 2 aromatic rings. The number of ether oxygens (including phenoxy) is 1. The molecule has 0 aliphatic heterocycles. The van der Waals surface area contributed by atoms with Gasteiger partial charge in [-0.3, -0.25) is 4.79 Å². The van der Waals surface area contributed by atoms with Crippen LogP contribution in [0.3, 0.4) is 0 Å². The van der Waals surface area contributed by atoms with Crippen LogP contribution in [0.5, 0.6) is 5.75 Å². The zero-order valence-corrected chi connectivity index (χ0v) is 11.5. The van der Waals surface area contributed by atoms with Crippen molar-refractivity contribution in [2.75, 3.05) is 11.9 Å². The fourth-order valence-corrected chi connectivity index (χ4v) is 1.71. The van der Waals surface area contributed by atoms with E-state index in [9.17, 15) is 9.18 Å². The van der Waals surface area contributed by atoms with Crippen LogP contribution in [0.4, 0.5) is 10.1 Å². The monoisotopic (exact) mass is 304 g/mol. The van der Waals surface area contributed by atoms with Gasteiger partial charge in [0.25, 0.3) is 5.91 Å². The summed E-state index contributed by atoms with van der Waals surface area (Å²) >= 11 is 5.73. The van der Waals surface area contributed by atoms with Gasteiger partial charge < -0.3 is 10.1 Å². The van der Waals surface area contributed by atoms with Crippen molar-refractivity contribution in [1.82, 2.24) is 0 Å². The van der Waals surface area contributed by atoms with Gasteiger partial charge in [0, 0.05) is 5.02 Å². The van der Waals surface area contributed by atoms with E-state index in [-0.39, 0.29) is 17.9 Å². The molecule has 0 heterocycles. The summed E-state index contributed by atoms with van der Waals surface area (Å²) in [6.45, 7) is -0.232. The van der Waals surface area contributed by atoms with Crippen LogP contribution in [-0.2, 0) is 4.79 Å². The average Bonchev–Trinajstić information content (AvgIpc) is 2.48. The van der Waals surface area contributed by atoms with Crippen LogP contribution in [0.25, 0.3) is 0 Å². The van der Waals surface area contributed by atoms with Crippen molar-refractivity contribution in [3.63, 3.8) is 0 Å². The number of rotatable bonds is 4. The minimum Gasteiger partial charge on any atom is -0.484 e. The van der Waals surface area contributed by atoms with E-state index < -0.39 is 11.7 Å². The second kappa shape index (κ2) is 6.73. The molecule has 1 amide bonds. The van der Waals surface area contributed by atoms with Crippen LogP contribution in [0, 0.1) is 17.1 Å². The molecule has 0 bridgehead atoms. The summed E-state index contributed by atoms with van der Waals surface area (Å²) in [4.78, 5) is 11.7. The third-order valence-electron chi connectivity index (χ3n) is 2.56. The van der Waals surface area contributed by atoms with Crippen molar-refractivity contribution in [1.29, 1.82) is 5.26 Å². The van der Waals surface area contributed by atoms with Gasteiger partial charge in [0.15, 0.2) is 6.61 Å². The van der Waals surface area contributed by atoms with Crippen LogP contribution >= 0.6 is 11.6 Å². The largest absolute Gasteiger partial charge is 0.484 e. The summed E-state index contributed by atoms with van der Waals surface area (Å²) in [5.41, 5.74) is 0.290. The first kappa shape index (κ1) is 14.8. The Morgan fingerprint density at radius 2 is 2.00 bits per heavy atom. The number of hydrogen-bond donors (Lipinski definition) is 1. The zero-order valence-electron chi connectivity index (χ0n) is 10.8. The lowest BCUT2D eigenvalue weighted by Crippen LogP contribution is -2.20. The number of nitriles is 1. The first-order valence-corrected chi connectivity index (χ1v) is 6.34. The molecule has 0 unspecified atom stereocenters. The van der Waals surface area contributed by atoms with E-state index in [1.165, 1.54) is 6.07 Å². The lowest BCUT2D eigenvalue weighted by molar-refractivity contribution is -0.118. The van der Waals surface area contributed by atoms with E-state index in [4.69, 9.17) is 21.6 Å². The third kappa shape index (κ3) is 4.20. The Labute approximate surface area is 125 Å². The number of halogens is 2. The Kier molecular flexibility index (Phi) is 4.75. The summed E-state index contributed by atoms with van der Waals surface area (Å²) in [6.07, 6.45) is 0. The fraction of sp³-hybridized carbons (Fsp3) is 0.0667. The molecule has 1 N–H and O–H groups in total. The van der Waals surface area contributed by atoms with Crippen molar-refractivity contribution in [2.45, 2.75) is 0 Å². The molecule has 2 aromatic carbocycles. The van der Waals surface area contributed by atoms with Crippen molar-refractivity contribution < 1.29 is 13.9 Å². The highest BCUT2D eigenvalue weighted by Crippen LogP contribution is 2.17. The molecule has 0 aromatic heterocycles. The molecule has 2 rings (SSSR count). The van der Waals surface area contributed by atoms with E-state index in [0.717, 1.165) is 12.1 Å². The number of benzene rings is 2. The Balaban J connectivity index is 1.96. The van der Waals surface area contributed by atoms with Crippen molar-refractivity contribution in [3.8, 4) is 11.8 Å². The third-order valence-corrected chi connectivity index (χ3v) is 2.81. The molecule has 21 heavy (non-hydrogen) atoms. The minimum atomic E-state index is -0.540. The zero-order chi connectivity index (χ0) is 15.2. The number of carbonyl (C=O) groups excluding carboxylic acids is 1. The van der Waals surface area contributed by atoms with Crippen molar-refractivity contribution >= 4 is 23.2 Å². The molecule has 0 fully saturated rings. The molecule has 0 aliphatic carbocycles. The number of hydrogen-bond acceptors (Lipinski definition) is 3. The highest BCUT2D eigenvalue weighted by molar-refractivity contribution is 6.30. The standard InChI is InChI=1S/C15H10ClFN2O2/c16-11-1-4-13(5-2-11)21-9-15(20)19-14-6-3-12(17)7-10(14)8-18/h1-7H,9H2,(H,19,20). The van der Waals surface area contributed by atoms with Gasteiger partial charge in [0.1, 0.15) is 17.6 Å². The van der Waals surface area contributed by atoms with E-state index in [1.807, 2.05) is 6.07 Å². The van der Waals surface area contributed by atoms with Crippen LogP contribution in [0.15, 0.2) is 42.5 Å². The summed E-state index contributed by atoms with van der Waals surface area (Å²) in [5, 5.41) is 11.9. The Morgan fingerprint density at radius 3 is 2.67 bits per heavy atom. The second-order valence-corrected chi connectivity index (χ2v) is 4.53. The maximum absolute atomic E-state index is 13.0. The highest BCUT2D eigenvalue weighted by Gasteiger charge is 2.08. The Bertz CT molecular complexity index is 696. The van der Waals surface area contributed by atoms with Gasteiger partial charge in [-0.2, -0.15) is 5.26 Å². The first-order chi connectivity index (χ1) is 10.1. The highest BCUT2D eigenvalue weighted by atomic mass is 35.5. The maximum atomic E-state index is 13.0. The van der Waals surface area contributed by atoms with E-state index in [2.05, 4.69) is 5.32 Å². The molecular weight excluding hydrogens is 295 g/mol. The molecular formula is C15H10ClFN2O2. The first-order valence-electron chi connectivity index (χ1n) is 5.96. The smallest absolute Gasteiger partial charge is 0.262 e. The van der Waals surface area contributed by atoms with Crippen LogP contribution in [0.1, 0.15) is 5.56 Å². The lowest BCUT2D eigenvalue weighted by atomic mass is 10.2. The predicted octanol–water partition coefficient (Wildman–Crippen LogP) is 3.37. The lowest BCUT2D eigenvalue weighted by Gasteiger charge is -2.08. The molecule has 0 saturated carbocycles. The van der Waals surface area contributed by atoms with Gasteiger partial charge in [-0.25, -0.2) is 4.39 Å². The second-order valence-electron chi connectivity index (χ2n) is 4.09. The van der Waals surface area contributed by atoms with Crippen LogP contribution in [0.2, 0.25) is 5.02 Å². The fourth-order valence-electron chi connectivity index (χ4n) is 1.58. The SMILES string of the molecule is N#Cc1cc(F)ccc1NC(=O)COc1ccc(Cl)cc1. The number of carbonyl (C=O) groups is 1. The summed E-state index contributed by atoms with van der Waals surface area (Å²) in [7, 11) is 0. The van der Waals surface area contributed by atoms with E-state index in [1.54, 1.807) is 24.3 Å². The Hall–Kier alpha value is -2.58. The molecule has 0 spiro atoms. The van der Waals surface area contributed by atoms with Gasteiger partial charge in [-0.05, 0) is 42.5 Å². The maximum Gasteiger partial charge on any atom is 0.262 e. The van der Waals surface area contributed by atoms with Gasteiger partial charge in [0.05, 0.1) is 11.3 Å². The number of nitrogens with one attached hydrogen (secondary N) is 1. The van der Waals surface area contributed by atoms with Gasteiger partial charge in [-0.1, -0.05) is 11.6 Å². The van der Waals surface area contributed by atoms with Crippen LogP contribution < -0.4 is 10.1 Å². The molecule has 4 nitrogen and oxygen atoms in total. The summed E-state index contributed by atoms with van der Waals surface area (Å²) < 4.78 is 18.2. The topological polar surface area (TPSA) is 62.1 Å². The van der Waals surface area contributed by atoms with E-state index >= 15 is 0 Å². The van der Waals surface area contributed by atoms with Gasteiger partial charge in [0.2, 0.25) is 0 Å². The Morgan fingerprint density at radius 1 is 1.29 bits per heavy atom. The summed E-state index contributed by atoms with van der Waals surface area (Å²) in [6, 6.07) is 11.9.